The summed E-state index contributed by atoms with van der Waals surface area (Å²) in [5, 5.41) is 0. The minimum absolute atomic E-state index is 0.0381. The second-order valence-electron chi connectivity index (χ2n) is 5.24. The first-order valence-corrected chi connectivity index (χ1v) is 7.73. The van der Waals surface area contributed by atoms with Crippen LogP contribution in [0.25, 0.3) is 0 Å². The molecule has 0 N–H and O–H groups in total. The number of anilines is 1. The predicted molar refractivity (Wildman–Crippen MR) is 83.3 cm³/mol. The van der Waals surface area contributed by atoms with Crippen molar-refractivity contribution in [3.63, 3.8) is 0 Å². The summed E-state index contributed by atoms with van der Waals surface area (Å²) in [6, 6.07) is 4.74. The van der Waals surface area contributed by atoms with Gasteiger partial charge in [-0.3, -0.25) is 0 Å². The topological polar surface area (TPSA) is 60.4 Å². The number of halogens is 1. The van der Waals surface area contributed by atoms with Gasteiger partial charge in [-0.2, -0.15) is 0 Å². The fourth-order valence-corrected chi connectivity index (χ4v) is 2.55. The molecule has 0 atom stereocenters. The molecule has 23 heavy (non-hydrogen) atoms. The molecule has 1 aliphatic heterocycles. The Labute approximate surface area is 134 Å². The van der Waals surface area contributed by atoms with E-state index in [2.05, 4.69) is 19.9 Å². The van der Waals surface area contributed by atoms with Crippen molar-refractivity contribution in [2.45, 2.75) is 25.9 Å². The van der Waals surface area contributed by atoms with Crippen LogP contribution in [0, 0.1) is 5.82 Å². The van der Waals surface area contributed by atoms with Crippen LogP contribution < -0.4 is 14.4 Å². The lowest BCUT2D eigenvalue weighted by molar-refractivity contribution is 0.156. The number of piperidine rings is 1. The average Bonchev–Trinajstić information content (AvgIpc) is 2.58. The molecule has 3 heterocycles. The van der Waals surface area contributed by atoms with Crippen LogP contribution in [0.2, 0.25) is 0 Å². The highest BCUT2D eigenvalue weighted by atomic mass is 19.1. The molecule has 0 amide bonds. The number of hydrogen-bond donors (Lipinski definition) is 0. The van der Waals surface area contributed by atoms with Crippen LogP contribution in [0.5, 0.6) is 11.8 Å². The fourth-order valence-electron chi connectivity index (χ4n) is 2.55. The number of ether oxygens (including phenoxy) is 2. The number of pyridine rings is 1. The van der Waals surface area contributed by atoms with Gasteiger partial charge in [0.25, 0.3) is 5.88 Å². The highest BCUT2D eigenvalue weighted by Crippen LogP contribution is 2.23. The molecule has 6 nitrogen and oxygen atoms in total. The van der Waals surface area contributed by atoms with E-state index in [1.165, 1.54) is 18.6 Å². The lowest BCUT2D eigenvalue weighted by Gasteiger charge is -2.32. The third kappa shape index (κ3) is 3.85. The van der Waals surface area contributed by atoms with Crippen molar-refractivity contribution in [1.82, 2.24) is 15.0 Å². The molecule has 0 saturated carbocycles. The summed E-state index contributed by atoms with van der Waals surface area (Å²) in [5.74, 6) is 1.07. The maximum Gasteiger partial charge on any atom is 0.250 e. The van der Waals surface area contributed by atoms with Crippen molar-refractivity contribution in [3.05, 3.63) is 36.5 Å². The lowest BCUT2D eigenvalue weighted by Crippen LogP contribution is -2.39. The highest BCUT2D eigenvalue weighted by Gasteiger charge is 2.23. The van der Waals surface area contributed by atoms with Crippen LogP contribution in [-0.4, -0.2) is 40.8 Å². The van der Waals surface area contributed by atoms with Gasteiger partial charge in [0.2, 0.25) is 5.88 Å². The zero-order valence-corrected chi connectivity index (χ0v) is 13.0. The van der Waals surface area contributed by atoms with Gasteiger partial charge in [0, 0.05) is 38.2 Å². The largest absolute Gasteiger partial charge is 0.478 e. The van der Waals surface area contributed by atoms with Crippen LogP contribution in [0.4, 0.5) is 10.2 Å². The Morgan fingerprint density at radius 2 is 2.09 bits per heavy atom. The molecular formula is C16H19FN4O2. The summed E-state index contributed by atoms with van der Waals surface area (Å²) in [7, 11) is 0. The number of nitrogens with zero attached hydrogens (tertiary/aromatic N) is 4. The third-order valence-corrected chi connectivity index (χ3v) is 3.69. The Morgan fingerprint density at radius 1 is 1.26 bits per heavy atom. The Kier molecular flexibility index (Phi) is 4.85. The van der Waals surface area contributed by atoms with E-state index in [1.54, 1.807) is 6.07 Å². The third-order valence-electron chi connectivity index (χ3n) is 3.69. The van der Waals surface area contributed by atoms with Crippen molar-refractivity contribution in [2.24, 2.45) is 0 Å². The van der Waals surface area contributed by atoms with Gasteiger partial charge in [0.1, 0.15) is 18.2 Å². The maximum atomic E-state index is 13.6. The summed E-state index contributed by atoms with van der Waals surface area (Å²) in [5.41, 5.74) is 0. The molecule has 0 spiro atoms. The van der Waals surface area contributed by atoms with E-state index < -0.39 is 5.82 Å². The molecule has 0 aromatic carbocycles. The Hall–Kier alpha value is -2.44. The molecule has 2 aromatic heterocycles. The Balaban J connectivity index is 1.58. The number of aromatic nitrogens is 3. The van der Waals surface area contributed by atoms with Gasteiger partial charge in [0.15, 0.2) is 5.82 Å². The van der Waals surface area contributed by atoms with E-state index in [-0.39, 0.29) is 12.0 Å². The molecule has 0 aliphatic carbocycles. The van der Waals surface area contributed by atoms with Crippen LogP contribution >= 0.6 is 0 Å². The zero-order chi connectivity index (χ0) is 16.1. The minimum atomic E-state index is -0.424. The maximum absolute atomic E-state index is 13.6. The van der Waals surface area contributed by atoms with Gasteiger partial charge in [-0.25, -0.2) is 19.3 Å². The minimum Gasteiger partial charge on any atom is -0.478 e. The first kappa shape index (κ1) is 15.5. The SMILES string of the molecule is CCOc1cc(N2CCC(Oc3ncccc3F)CC2)ncn1. The van der Waals surface area contributed by atoms with Gasteiger partial charge >= 0.3 is 0 Å². The van der Waals surface area contributed by atoms with Crippen molar-refractivity contribution in [1.29, 1.82) is 0 Å². The standard InChI is InChI=1S/C16H19FN4O2/c1-2-22-15-10-14(19-11-20-15)21-8-5-12(6-9-21)23-16-13(17)4-3-7-18-16/h3-4,7,10-12H,2,5-6,8-9H2,1H3. The Bertz CT molecular complexity index is 647. The van der Waals surface area contributed by atoms with Gasteiger partial charge in [-0.1, -0.05) is 0 Å². The molecule has 1 fully saturated rings. The summed E-state index contributed by atoms with van der Waals surface area (Å²) in [6.45, 7) is 4.05. The molecule has 1 aliphatic rings. The van der Waals surface area contributed by atoms with Crippen LogP contribution in [0.3, 0.4) is 0 Å². The first-order valence-electron chi connectivity index (χ1n) is 7.73. The van der Waals surface area contributed by atoms with Gasteiger partial charge in [-0.05, 0) is 19.1 Å². The normalized spacial score (nSPS) is 15.5. The lowest BCUT2D eigenvalue weighted by atomic mass is 10.1. The van der Waals surface area contributed by atoms with E-state index in [1.807, 2.05) is 13.0 Å². The van der Waals surface area contributed by atoms with E-state index >= 15 is 0 Å². The molecule has 0 unspecified atom stereocenters. The van der Waals surface area contributed by atoms with Crippen LogP contribution in [-0.2, 0) is 0 Å². The summed E-state index contributed by atoms with van der Waals surface area (Å²) < 4.78 is 24.6. The summed E-state index contributed by atoms with van der Waals surface area (Å²) in [6.07, 6.45) is 4.56. The second kappa shape index (κ2) is 7.21. The predicted octanol–water partition coefficient (Wildman–Crippen LogP) is 2.46. The molecular weight excluding hydrogens is 299 g/mol. The average molecular weight is 318 g/mol. The summed E-state index contributed by atoms with van der Waals surface area (Å²) >= 11 is 0. The van der Waals surface area contributed by atoms with E-state index in [9.17, 15) is 4.39 Å². The van der Waals surface area contributed by atoms with Gasteiger partial charge in [0.05, 0.1) is 6.61 Å². The highest BCUT2D eigenvalue weighted by molar-refractivity contribution is 5.41. The molecule has 122 valence electrons. The van der Waals surface area contributed by atoms with E-state index in [0.717, 1.165) is 31.7 Å². The molecule has 7 heteroatoms. The van der Waals surface area contributed by atoms with Crippen molar-refractivity contribution >= 4 is 5.82 Å². The zero-order valence-electron chi connectivity index (χ0n) is 13.0. The smallest absolute Gasteiger partial charge is 0.250 e. The monoisotopic (exact) mass is 318 g/mol. The van der Waals surface area contributed by atoms with E-state index in [0.29, 0.717) is 12.5 Å². The molecule has 1 saturated heterocycles. The van der Waals surface area contributed by atoms with Crippen LogP contribution in [0.1, 0.15) is 19.8 Å². The fraction of sp³-hybridized carbons (Fsp3) is 0.438. The first-order chi connectivity index (χ1) is 11.3. The summed E-state index contributed by atoms with van der Waals surface area (Å²) in [4.78, 5) is 14.4. The van der Waals surface area contributed by atoms with Crippen molar-refractivity contribution in [2.75, 3.05) is 24.6 Å². The van der Waals surface area contributed by atoms with Crippen molar-refractivity contribution < 1.29 is 13.9 Å². The molecule has 2 aromatic rings. The number of rotatable bonds is 5. The van der Waals surface area contributed by atoms with Gasteiger partial charge < -0.3 is 14.4 Å². The van der Waals surface area contributed by atoms with E-state index in [4.69, 9.17) is 9.47 Å². The van der Waals surface area contributed by atoms with Gasteiger partial charge in [-0.15, -0.1) is 0 Å². The van der Waals surface area contributed by atoms with Crippen LogP contribution in [0.15, 0.2) is 30.7 Å². The Morgan fingerprint density at radius 3 is 2.83 bits per heavy atom. The quantitative estimate of drug-likeness (QED) is 0.844. The molecule has 3 rings (SSSR count). The molecule has 0 radical (unpaired) electrons. The molecule has 0 bridgehead atoms. The van der Waals surface area contributed by atoms with Crippen molar-refractivity contribution in [3.8, 4) is 11.8 Å². The second-order valence-corrected chi connectivity index (χ2v) is 5.24. The number of hydrogen-bond acceptors (Lipinski definition) is 6.